The highest BCUT2D eigenvalue weighted by atomic mass is 17.3. The molecule has 0 bridgehead atoms. The lowest BCUT2D eigenvalue weighted by atomic mass is 10.0. The largest absolute Gasteiger partial charge is 0.394 e. The topological polar surface area (TPSA) is 183 Å². The van der Waals surface area contributed by atoms with Crippen molar-refractivity contribution in [3.05, 3.63) is 35.4 Å². The summed E-state index contributed by atoms with van der Waals surface area (Å²) in [7, 11) is 0. The van der Waals surface area contributed by atoms with Gasteiger partial charge < -0.3 is 25.5 Å². The van der Waals surface area contributed by atoms with Crippen LogP contribution in [0.1, 0.15) is 20.7 Å². The van der Waals surface area contributed by atoms with Crippen molar-refractivity contribution in [2.75, 3.05) is 6.61 Å². The number of nitrogens with one attached hydrogen (secondary N) is 1. The molecule has 0 saturated heterocycles. The second kappa shape index (κ2) is 9.78. The molecular weight excluding hydrogens is 342 g/mol. The second-order valence-electron chi connectivity index (χ2n) is 4.80. The summed E-state index contributed by atoms with van der Waals surface area (Å²) < 4.78 is 0. The van der Waals surface area contributed by atoms with Crippen molar-refractivity contribution in [1.82, 2.24) is 5.48 Å². The lowest BCUT2D eigenvalue weighted by molar-refractivity contribution is -0.306. The number of rotatable bonds is 9. The highest BCUT2D eigenvalue weighted by Gasteiger charge is 2.36. The van der Waals surface area contributed by atoms with Crippen molar-refractivity contribution < 1.29 is 49.8 Å². The Balaban J connectivity index is 2.53. The zero-order valence-electron chi connectivity index (χ0n) is 12.7. The first-order chi connectivity index (χ1) is 11.8. The molecule has 0 fully saturated rings. The fourth-order valence-corrected chi connectivity index (χ4v) is 1.67. The molecule has 0 aliphatic heterocycles. The molecule has 0 radical (unpaired) electrons. The molecular formula is C14H17NO10. The minimum atomic E-state index is -2.34. The highest BCUT2D eigenvalue weighted by Crippen LogP contribution is 2.08. The van der Waals surface area contributed by atoms with Gasteiger partial charge >= 0.3 is 5.97 Å². The minimum Gasteiger partial charge on any atom is -0.394 e. The number of hydrogen-bond acceptors (Lipinski definition) is 10. The van der Waals surface area contributed by atoms with Gasteiger partial charge in [-0.25, -0.2) is 4.79 Å². The smallest absolute Gasteiger partial charge is 0.375 e. The first-order valence-corrected chi connectivity index (χ1v) is 6.88. The van der Waals surface area contributed by atoms with Crippen LogP contribution in [0.2, 0.25) is 0 Å². The van der Waals surface area contributed by atoms with Crippen LogP contribution in [-0.2, 0) is 14.7 Å². The van der Waals surface area contributed by atoms with E-state index in [0.717, 1.165) is 0 Å². The van der Waals surface area contributed by atoms with Crippen LogP contribution in [-0.4, -0.2) is 74.7 Å². The quantitative estimate of drug-likeness (QED) is 0.151. The van der Waals surface area contributed by atoms with Gasteiger partial charge in [-0.3, -0.25) is 14.5 Å². The fraction of sp³-hybridized carbons (Fsp3) is 0.357. The van der Waals surface area contributed by atoms with Crippen LogP contribution in [0.15, 0.2) is 24.3 Å². The van der Waals surface area contributed by atoms with Gasteiger partial charge in [0.15, 0.2) is 12.4 Å². The number of amides is 1. The maximum atomic E-state index is 11.7. The Kier molecular flexibility index (Phi) is 8.07. The summed E-state index contributed by atoms with van der Waals surface area (Å²) in [6.45, 7) is -0.928. The molecule has 11 nitrogen and oxygen atoms in total. The average Bonchev–Trinajstić information content (AvgIpc) is 2.64. The molecule has 1 aromatic rings. The van der Waals surface area contributed by atoms with Crippen molar-refractivity contribution in [3.63, 3.8) is 0 Å². The summed E-state index contributed by atoms with van der Waals surface area (Å²) in [5.74, 6) is -2.53. The maximum absolute atomic E-state index is 11.7. The van der Waals surface area contributed by atoms with Crippen LogP contribution in [0.5, 0.6) is 0 Å². The summed E-state index contributed by atoms with van der Waals surface area (Å²) in [6, 6.07) is 5.66. The molecule has 11 heteroatoms. The maximum Gasteiger partial charge on any atom is 0.375 e. The first-order valence-electron chi connectivity index (χ1n) is 6.88. The SMILES string of the molecule is O=Cc1ccccc1C(=O)NOOC(=O)C(O)C(O)C(O)C(O)CO. The standard InChI is InChI=1S/C14H17NO10/c16-5-7-3-1-2-4-8(7)13(22)15-25-24-14(23)12(21)11(20)10(19)9(18)6-17/h1-5,9-12,17-21H,6H2,(H,15,22). The molecule has 0 aliphatic rings. The Labute approximate surface area is 140 Å². The van der Waals surface area contributed by atoms with E-state index >= 15 is 0 Å². The van der Waals surface area contributed by atoms with E-state index < -0.39 is 42.9 Å². The number of benzene rings is 1. The molecule has 6 N–H and O–H groups in total. The summed E-state index contributed by atoms with van der Waals surface area (Å²) in [5.41, 5.74) is 1.65. The normalized spacial score (nSPS) is 15.6. The third kappa shape index (κ3) is 5.56. The van der Waals surface area contributed by atoms with Gasteiger partial charge in [0, 0.05) is 5.56 Å². The number of aliphatic hydroxyl groups excluding tert-OH is 5. The molecule has 0 aromatic heterocycles. The summed E-state index contributed by atoms with van der Waals surface area (Å²) >= 11 is 0. The van der Waals surface area contributed by atoms with Gasteiger partial charge in [0.05, 0.1) is 12.2 Å². The molecule has 1 rings (SSSR count). The van der Waals surface area contributed by atoms with Crippen LogP contribution >= 0.6 is 0 Å². The molecule has 4 unspecified atom stereocenters. The molecule has 0 aliphatic carbocycles. The molecule has 4 atom stereocenters. The van der Waals surface area contributed by atoms with E-state index in [9.17, 15) is 29.7 Å². The van der Waals surface area contributed by atoms with Crippen molar-refractivity contribution in [2.24, 2.45) is 0 Å². The predicted octanol–water partition coefficient (Wildman–Crippen LogP) is -2.95. The van der Waals surface area contributed by atoms with Crippen molar-refractivity contribution in [2.45, 2.75) is 24.4 Å². The van der Waals surface area contributed by atoms with Gasteiger partial charge in [-0.1, -0.05) is 23.2 Å². The Morgan fingerprint density at radius 1 is 1.12 bits per heavy atom. The predicted molar refractivity (Wildman–Crippen MR) is 77.6 cm³/mol. The lowest BCUT2D eigenvalue weighted by Gasteiger charge is -2.23. The van der Waals surface area contributed by atoms with Crippen LogP contribution in [0.25, 0.3) is 0 Å². The Hall–Kier alpha value is -2.41. The van der Waals surface area contributed by atoms with Gasteiger partial charge in [0.2, 0.25) is 0 Å². The van der Waals surface area contributed by atoms with Crippen LogP contribution in [0.4, 0.5) is 0 Å². The number of carbonyl (C=O) groups excluding carboxylic acids is 3. The summed E-state index contributed by atoms with van der Waals surface area (Å²) in [5, 5.41) is 46.0. The molecule has 0 saturated carbocycles. The minimum absolute atomic E-state index is 0.0477. The molecule has 1 aromatic carbocycles. The van der Waals surface area contributed by atoms with E-state index in [-0.39, 0.29) is 11.1 Å². The zero-order chi connectivity index (χ0) is 19.0. The Bertz CT molecular complexity index is 607. The highest BCUT2D eigenvalue weighted by molar-refractivity contribution is 6.00. The Morgan fingerprint density at radius 2 is 1.76 bits per heavy atom. The van der Waals surface area contributed by atoms with Crippen LogP contribution < -0.4 is 5.48 Å². The third-order valence-electron chi connectivity index (χ3n) is 3.09. The van der Waals surface area contributed by atoms with Crippen molar-refractivity contribution in [1.29, 1.82) is 0 Å². The third-order valence-corrected chi connectivity index (χ3v) is 3.09. The number of hydroxylamine groups is 1. The van der Waals surface area contributed by atoms with Gasteiger partial charge in [-0.05, 0) is 6.07 Å². The molecule has 0 heterocycles. The van der Waals surface area contributed by atoms with Gasteiger partial charge in [0.1, 0.15) is 18.3 Å². The van der Waals surface area contributed by atoms with Gasteiger partial charge in [0.25, 0.3) is 5.91 Å². The molecule has 138 valence electrons. The fourth-order valence-electron chi connectivity index (χ4n) is 1.67. The number of aldehydes is 1. The second-order valence-corrected chi connectivity index (χ2v) is 4.80. The van der Waals surface area contributed by atoms with E-state index in [0.29, 0.717) is 6.29 Å². The van der Waals surface area contributed by atoms with Crippen LogP contribution in [0.3, 0.4) is 0 Å². The van der Waals surface area contributed by atoms with E-state index in [4.69, 9.17) is 10.2 Å². The summed E-state index contributed by atoms with van der Waals surface area (Å²) in [6.07, 6.45) is -7.95. The van der Waals surface area contributed by atoms with Crippen LogP contribution in [0, 0.1) is 0 Å². The lowest BCUT2D eigenvalue weighted by Crippen LogP contribution is -2.49. The van der Waals surface area contributed by atoms with Gasteiger partial charge in [-0.2, -0.15) is 5.48 Å². The first kappa shape index (κ1) is 20.6. The summed E-state index contributed by atoms with van der Waals surface area (Å²) in [4.78, 5) is 42.1. The van der Waals surface area contributed by atoms with E-state index in [1.165, 1.54) is 24.3 Å². The molecule has 0 spiro atoms. The van der Waals surface area contributed by atoms with E-state index in [2.05, 4.69) is 9.88 Å². The molecule has 25 heavy (non-hydrogen) atoms. The molecule has 1 amide bonds. The zero-order valence-corrected chi connectivity index (χ0v) is 12.7. The monoisotopic (exact) mass is 359 g/mol. The Morgan fingerprint density at radius 3 is 2.36 bits per heavy atom. The van der Waals surface area contributed by atoms with Gasteiger partial charge in [-0.15, -0.1) is 0 Å². The van der Waals surface area contributed by atoms with Crippen molar-refractivity contribution >= 4 is 18.2 Å². The number of hydrogen-bond donors (Lipinski definition) is 6. The van der Waals surface area contributed by atoms with Crippen molar-refractivity contribution in [3.8, 4) is 0 Å². The van der Waals surface area contributed by atoms with E-state index in [1.807, 2.05) is 0 Å². The average molecular weight is 359 g/mol. The number of aliphatic hydroxyl groups is 5. The van der Waals surface area contributed by atoms with E-state index in [1.54, 1.807) is 5.48 Å². The number of carbonyl (C=O) groups is 3.